The molecule has 1 aromatic rings. The Morgan fingerprint density at radius 2 is 2.16 bits per heavy atom. The van der Waals surface area contributed by atoms with E-state index in [1.54, 1.807) is 0 Å². The van der Waals surface area contributed by atoms with Crippen LogP contribution in [0.1, 0.15) is 39.0 Å². The molecule has 0 aliphatic heterocycles. The SMILES string of the molecule is CCC1(Cn2c(N)nnc2SCC(=O)O)CCCC1. The van der Waals surface area contributed by atoms with E-state index in [1.807, 2.05) is 4.57 Å². The van der Waals surface area contributed by atoms with Crippen molar-refractivity contribution in [2.45, 2.75) is 50.7 Å². The van der Waals surface area contributed by atoms with E-state index in [0.29, 0.717) is 11.1 Å². The Morgan fingerprint density at radius 1 is 1.47 bits per heavy atom. The van der Waals surface area contributed by atoms with Crippen LogP contribution >= 0.6 is 11.8 Å². The largest absolute Gasteiger partial charge is 0.481 e. The maximum absolute atomic E-state index is 10.6. The zero-order valence-corrected chi connectivity index (χ0v) is 11.9. The summed E-state index contributed by atoms with van der Waals surface area (Å²) in [4.78, 5) is 10.6. The van der Waals surface area contributed by atoms with Gasteiger partial charge in [-0.25, -0.2) is 0 Å². The van der Waals surface area contributed by atoms with E-state index in [1.165, 1.54) is 37.4 Å². The normalized spacial score (nSPS) is 17.7. The molecule has 0 aromatic carbocycles. The van der Waals surface area contributed by atoms with E-state index in [9.17, 15) is 4.79 Å². The number of hydrogen-bond donors (Lipinski definition) is 2. The number of carbonyl (C=O) groups is 1. The van der Waals surface area contributed by atoms with Gasteiger partial charge in [-0.15, -0.1) is 10.2 Å². The van der Waals surface area contributed by atoms with Crippen molar-refractivity contribution in [3.8, 4) is 0 Å². The minimum atomic E-state index is -0.857. The van der Waals surface area contributed by atoms with Crippen LogP contribution in [0.15, 0.2) is 5.16 Å². The maximum Gasteiger partial charge on any atom is 0.313 e. The van der Waals surface area contributed by atoms with Gasteiger partial charge in [0, 0.05) is 6.54 Å². The van der Waals surface area contributed by atoms with Gasteiger partial charge < -0.3 is 10.8 Å². The van der Waals surface area contributed by atoms with Crippen LogP contribution in [0.25, 0.3) is 0 Å². The first-order chi connectivity index (χ1) is 9.06. The van der Waals surface area contributed by atoms with E-state index >= 15 is 0 Å². The molecule has 7 heteroatoms. The van der Waals surface area contributed by atoms with Gasteiger partial charge in [0.15, 0.2) is 5.16 Å². The molecule has 1 aromatic heterocycles. The molecule has 0 spiro atoms. The molecule has 0 radical (unpaired) electrons. The fraction of sp³-hybridized carbons (Fsp3) is 0.750. The van der Waals surface area contributed by atoms with Crippen molar-refractivity contribution in [1.29, 1.82) is 0 Å². The predicted molar refractivity (Wildman–Crippen MR) is 74.0 cm³/mol. The van der Waals surface area contributed by atoms with Crippen LogP contribution in [0.4, 0.5) is 5.95 Å². The van der Waals surface area contributed by atoms with E-state index in [4.69, 9.17) is 10.8 Å². The third-order valence-electron chi connectivity index (χ3n) is 3.98. The number of thioether (sulfide) groups is 1. The summed E-state index contributed by atoms with van der Waals surface area (Å²) in [5, 5.41) is 17.2. The zero-order chi connectivity index (χ0) is 13.9. The minimum Gasteiger partial charge on any atom is -0.481 e. The average Bonchev–Trinajstić information content (AvgIpc) is 2.97. The lowest BCUT2D eigenvalue weighted by atomic mass is 9.83. The highest BCUT2D eigenvalue weighted by molar-refractivity contribution is 7.99. The quantitative estimate of drug-likeness (QED) is 0.776. The van der Waals surface area contributed by atoms with Gasteiger partial charge in [-0.2, -0.15) is 0 Å². The van der Waals surface area contributed by atoms with Crippen molar-refractivity contribution < 1.29 is 9.90 Å². The van der Waals surface area contributed by atoms with Crippen LogP contribution in [0.3, 0.4) is 0 Å². The molecule has 1 saturated carbocycles. The van der Waals surface area contributed by atoms with Gasteiger partial charge in [-0.05, 0) is 24.7 Å². The molecular weight excluding hydrogens is 264 g/mol. The number of aromatic nitrogens is 3. The second kappa shape index (κ2) is 5.81. The van der Waals surface area contributed by atoms with Crippen molar-refractivity contribution in [2.24, 2.45) is 5.41 Å². The van der Waals surface area contributed by atoms with Gasteiger partial charge in [-0.3, -0.25) is 9.36 Å². The molecule has 0 unspecified atom stereocenters. The Morgan fingerprint density at radius 3 is 2.74 bits per heavy atom. The van der Waals surface area contributed by atoms with Gasteiger partial charge in [0.1, 0.15) is 0 Å². The molecule has 6 nitrogen and oxygen atoms in total. The van der Waals surface area contributed by atoms with Crippen LogP contribution in [0, 0.1) is 5.41 Å². The molecule has 106 valence electrons. The summed E-state index contributed by atoms with van der Waals surface area (Å²) in [5.74, 6) is -0.492. The summed E-state index contributed by atoms with van der Waals surface area (Å²) in [6.07, 6.45) is 6.02. The number of rotatable bonds is 6. The number of nitrogens with zero attached hydrogens (tertiary/aromatic N) is 3. The predicted octanol–water partition coefficient (Wildman–Crippen LogP) is 2.01. The fourth-order valence-corrected chi connectivity index (χ4v) is 3.43. The topological polar surface area (TPSA) is 94.0 Å². The Balaban J connectivity index is 2.14. The van der Waals surface area contributed by atoms with Crippen LogP contribution in [0.2, 0.25) is 0 Å². The van der Waals surface area contributed by atoms with Crippen molar-refractivity contribution in [1.82, 2.24) is 14.8 Å². The summed E-state index contributed by atoms with van der Waals surface area (Å²) >= 11 is 1.18. The van der Waals surface area contributed by atoms with Gasteiger partial charge in [0.2, 0.25) is 5.95 Å². The summed E-state index contributed by atoms with van der Waals surface area (Å²) in [6, 6.07) is 0. The highest BCUT2D eigenvalue weighted by Gasteiger charge is 2.33. The lowest BCUT2D eigenvalue weighted by molar-refractivity contribution is -0.133. The maximum atomic E-state index is 10.6. The van der Waals surface area contributed by atoms with Gasteiger partial charge in [0.05, 0.1) is 5.75 Å². The summed E-state index contributed by atoms with van der Waals surface area (Å²) in [6.45, 7) is 3.00. The summed E-state index contributed by atoms with van der Waals surface area (Å²) in [5.41, 5.74) is 6.14. The molecule has 0 atom stereocenters. The monoisotopic (exact) mass is 284 g/mol. The minimum absolute atomic E-state index is 0.0166. The first kappa shape index (κ1) is 14.2. The van der Waals surface area contributed by atoms with E-state index in [-0.39, 0.29) is 11.2 Å². The highest BCUT2D eigenvalue weighted by Crippen LogP contribution is 2.43. The molecule has 3 N–H and O–H groups in total. The number of hydrogen-bond acceptors (Lipinski definition) is 5. The smallest absolute Gasteiger partial charge is 0.313 e. The second-order valence-corrected chi connectivity index (χ2v) is 6.11. The Labute approximate surface area is 116 Å². The number of anilines is 1. The molecule has 0 bridgehead atoms. The van der Waals surface area contributed by atoms with E-state index in [0.717, 1.165) is 13.0 Å². The third kappa shape index (κ3) is 3.20. The Hall–Kier alpha value is -1.24. The van der Waals surface area contributed by atoms with Gasteiger partial charge >= 0.3 is 5.97 Å². The molecular formula is C12H20N4O2S. The van der Waals surface area contributed by atoms with E-state index < -0.39 is 5.97 Å². The van der Waals surface area contributed by atoms with E-state index in [2.05, 4.69) is 17.1 Å². The molecule has 0 amide bonds. The number of nitrogens with two attached hydrogens (primary N) is 1. The van der Waals surface area contributed by atoms with Crippen LogP contribution < -0.4 is 5.73 Å². The first-order valence-corrected chi connectivity index (χ1v) is 7.58. The summed E-state index contributed by atoms with van der Waals surface area (Å²) < 4.78 is 1.88. The number of carboxylic acid groups (broad SMARTS) is 1. The Bertz CT molecular complexity index is 455. The molecule has 0 saturated heterocycles. The number of aliphatic carboxylic acids is 1. The van der Waals surface area contributed by atoms with Crippen molar-refractivity contribution in [3.05, 3.63) is 0 Å². The average molecular weight is 284 g/mol. The van der Waals surface area contributed by atoms with Crippen LogP contribution in [-0.4, -0.2) is 31.6 Å². The molecule has 1 fully saturated rings. The third-order valence-corrected chi connectivity index (χ3v) is 4.93. The van der Waals surface area contributed by atoms with Crippen molar-refractivity contribution in [2.75, 3.05) is 11.5 Å². The van der Waals surface area contributed by atoms with Crippen molar-refractivity contribution >= 4 is 23.7 Å². The lowest BCUT2D eigenvalue weighted by Crippen LogP contribution is -2.24. The highest BCUT2D eigenvalue weighted by atomic mass is 32.2. The van der Waals surface area contributed by atoms with Gasteiger partial charge in [-0.1, -0.05) is 31.5 Å². The van der Waals surface area contributed by atoms with Crippen molar-refractivity contribution in [3.63, 3.8) is 0 Å². The standard InChI is InChI=1S/C12H20N4O2S/c1-2-12(5-3-4-6-12)8-16-10(13)14-15-11(16)19-7-9(17)18/h2-8H2,1H3,(H2,13,14)(H,17,18). The molecule has 2 rings (SSSR count). The molecule has 1 heterocycles. The van der Waals surface area contributed by atoms with Crippen LogP contribution in [-0.2, 0) is 11.3 Å². The second-order valence-electron chi connectivity index (χ2n) is 5.17. The fourth-order valence-electron chi connectivity index (χ4n) is 2.77. The Kier molecular flexibility index (Phi) is 4.34. The molecule has 1 aliphatic rings. The number of nitrogen functional groups attached to an aromatic ring is 1. The van der Waals surface area contributed by atoms with Gasteiger partial charge in [0.25, 0.3) is 0 Å². The molecule has 19 heavy (non-hydrogen) atoms. The van der Waals surface area contributed by atoms with Crippen LogP contribution in [0.5, 0.6) is 0 Å². The molecule has 1 aliphatic carbocycles. The lowest BCUT2D eigenvalue weighted by Gasteiger charge is -2.28. The number of carboxylic acids is 1. The first-order valence-electron chi connectivity index (χ1n) is 6.59. The summed E-state index contributed by atoms with van der Waals surface area (Å²) in [7, 11) is 0. The zero-order valence-electron chi connectivity index (χ0n) is 11.1.